The van der Waals surface area contributed by atoms with Crippen molar-refractivity contribution in [2.24, 2.45) is 0 Å². The highest BCUT2D eigenvalue weighted by atomic mass is 127. The van der Waals surface area contributed by atoms with Crippen molar-refractivity contribution in [3.63, 3.8) is 0 Å². The molecule has 3 nitrogen and oxygen atoms in total. The van der Waals surface area contributed by atoms with Crippen molar-refractivity contribution in [2.45, 2.75) is 31.8 Å². The number of piperidine rings is 1. The molecule has 104 valence electrons. The summed E-state index contributed by atoms with van der Waals surface area (Å²) in [4.78, 5) is 14.7. The number of hydrogen-bond acceptors (Lipinski definition) is 2. The number of carbonyl (C=O) groups excluding carboxylic acids is 1. The van der Waals surface area contributed by atoms with Gasteiger partial charge in [-0.2, -0.15) is 0 Å². The minimum Gasteiger partial charge on any atom is -0.349 e. The number of hydrogen-bond donors (Lipinski definition) is 1. The Morgan fingerprint density at radius 2 is 2.26 bits per heavy atom. The van der Waals surface area contributed by atoms with Gasteiger partial charge in [-0.3, -0.25) is 4.79 Å². The van der Waals surface area contributed by atoms with Crippen LogP contribution in [0.1, 0.15) is 30.1 Å². The van der Waals surface area contributed by atoms with Crippen molar-refractivity contribution < 1.29 is 4.79 Å². The van der Waals surface area contributed by atoms with Gasteiger partial charge >= 0.3 is 0 Å². The van der Waals surface area contributed by atoms with E-state index in [1.54, 1.807) is 0 Å². The van der Waals surface area contributed by atoms with E-state index in [1.165, 1.54) is 0 Å². The molecule has 1 aromatic rings. The number of halogens is 2. The molecular formula is C14H18BrIN2O. The van der Waals surface area contributed by atoms with E-state index in [0.29, 0.717) is 6.04 Å². The third-order valence-electron chi connectivity index (χ3n) is 3.72. The SMILES string of the molecule is CC1CC(NC(=O)c2cc(I)ccc2Br)CCN1C. The molecule has 19 heavy (non-hydrogen) atoms. The van der Waals surface area contributed by atoms with Crippen LogP contribution in [0, 0.1) is 3.57 Å². The summed E-state index contributed by atoms with van der Waals surface area (Å²) in [6, 6.07) is 6.63. The van der Waals surface area contributed by atoms with Crippen LogP contribution in [0.3, 0.4) is 0 Å². The van der Waals surface area contributed by atoms with E-state index in [-0.39, 0.29) is 11.9 Å². The zero-order valence-electron chi connectivity index (χ0n) is 11.1. The molecule has 2 atom stereocenters. The lowest BCUT2D eigenvalue weighted by molar-refractivity contribution is 0.0895. The molecule has 1 amide bonds. The van der Waals surface area contributed by atoms with E-state index in [2.05, 4.69) is 62.7 Å². The van der Waals surface area contributed by atoms with Gasteiger partial charge in [-0.25, -0.2) is 0 Å². The molecule has 2 unspecified atom stereocenters. The van der Waals surface area contributed by atoms with Gasteiger partial charge in [0.2, 0.25) is 0 Å². The molecule has 1 saturated heterocycles. The predicted molar refractivity (Wildman–Crippen MR) is 89.4 cm³/mol. The summed E-state index contributed by atoms with van der Waals surface area (Å²) in [6.07, 6.45) is 2.04. The number of nitrogens with zero attached hydrogens (tertiary/aromatic N) is 1. The second kappa shape index (κ2) is 6.54. The number of nitrogens with one attached hydrogen (secondary N) is 1. The standard InChI is InChI=1S/C14H18BrIN2O/c1-9-7-11(5-6-18(9)2)17-14(19)12-8-10(16)3-4-13(12)15/h3-4,8-9,11H,5-7H2,1-2H3,(H,17,19). The number of amides is 1. The number of benzene rings is 1. The second-order valence-corrected chi connectivity index (χ2v) is 7.25. The van der Waals surface area contributed by atoms with Crippen molar-refractivity contribution in [1.82, 2.24) is 10.2 Å². The Morgan fingerprint density at radius 3 is 2.95 bits per heavy atom. The Balaban J connectivity index is 2.03. The Kier molecular flexibility index (Phi) is 5.25. The Hall–Kier alpha value is -0.140. The van der Waals surface area contributed by atoms with Crippen LogP contribution in [0.25, 0.3) is 0 Å². The number of rotatable bonds is 2. The van der Waals surface area contributed by atoms with Crippen LogP contribution in [0.2, 0.25) is 0 Å². The highest BCUT2D eigenvalue weighted by Gasteiger charge is 2.24. The molecule has 1 aliphatic heterocycles. The summed E-state index contributed by atoms with van der Waals surface area (Å²) in [6.45, 7) is 3.25. The minimum absolute atomic E-state index is 0.0205. The molecule has 0 radical (unpaired) electrons. The van der Waals surface area contributed by atoms with Gasteiger partial charge in [-0.15, -0.1) is 0 Å². The van der Waals surface area contributed by atoms with Crippen LogP contribution in [-0.2, 0) is 0 Å². The molecule has 1 N–H and O–H groups in total. The Labute approximate surface area is 136 Å². The molecule has 5 heteroatoms. The maximum atomic E-state index is 12.3. The molecule has 1 fully saturated rings. The zero-order valence-corrected chi connectivity index (χ0v) is 14.9. The first-order valence-electron chi connectivity index (χ1n) is 6.43. The number of carbonyl (C=O) groups is 1. The van der Waals surface area contributed by atoms with Gasteiger partial charge in [0.05, 0.1) is 5.56 Å². The van der Waals surface area contributed by atoms with Crippen LogP contribution in [0.4, 0.5) is 0 Å². The van der Waals surface area contributed by atoms with E-state index in [1.807, 2.05) is 18.2 Å². The van der Waals surface area contributed by atoms with Gasteiger partial charge in [0.1, 0.15) is 0 Å². The van der Waals surface area contributed by atoms with Crippen LogP contribution in [-0.4, -0.2) is 36.5 Å². The summed E-state index contributed by atoms with van der Waals surface area (Å²) in [5.41, 5.74) is 0.721. The monoisotopic (exact) mass is 436 g/mol. The quantitative estimate of drug-likeness (QED) is 0.721. The first-order valence-corrected chi connectivity index (χ1v) is 8.30. The molecule has 2 rings (SSSR count). The maximum Gasteiger partial charge on any atom is 0.252 e. The summed E-state index contributed by atoms with van der Waals surface area (Å²) in [5.74, 6) is 0.0205. The fourth-order valence-corrected chi connectivity index (χ4v) is 3.27. The van der Waals surface area contributed by atoms with Crippen molar-refractivity contribution >= 4 is 44.4 Å². The Morgan fingerprint density at radius 1 is 1.53 bits per heavy atom. The van der Waals surface area contributed by atoms with Crippen molar-refractivity contribution in [1.29, 1.82) is 0 Å². The van der Waals surface area contributed by atoms with E-state index in [4.69, 9.17) is 0 Å². The summed E-state index contributed by atoms with van der Waals surface area (Å²) < 4.78 is 1.93. The average Bonchev–Trinajstić information content (AvgIpc) is 2.36. The molecule has 0 aliphatic carbocycles. The lowest BCUT2D eigenvalue weighted by atomic mass is 9.98. The molecule has 1 heterocycles. The third-order valence-corrected chi connectivity index (χ3v) is 5.08. The van der Waals surface area contributed by atoms with Crippen molar-refractivity contribution in [3.05, 3.63) is 31.8 Å². The van der Waals surface area contributed by atoms with Crippen LogP contribution >= 0.6 is 38.5 Å². The lowest BCUT2D eigenvalue weighted by Crippen LogP contribution is -2.47. The van der Waals surface area contributed by atoms with Crippen molar-refractivity contribution in [2.75, 3.05) is 13.6 Å². The predicted octanol–water partition coefficient (Wildman–Crippen LogP) is 3.27. The van der Waals surface area contributed by atoms with Gasteiger partial charge < -0.3 is 10.2 Å². The van der Waals surface area contributed by atoms with E-state index in [9.17, 15) is 4.79 Å². The van der Waals surface area contributed by atoms with Crippen LogP contribution in [0.15, 0.2) is 22.7 Å². The topological polar surface area (TPSA) is 32.3 Å². The largest absolute Gasteiger partial charge is 0.349 e. The van der Waals surface area contributed by atoms with Gasteiger partial charge in [0.25, 0.3) is 5.91 Å². The highest BCUT2D eigenvalue weighted by molar-refractivity contribution is 14.1. The van der Waals surface area contributed by atoms with Gasteiger partial charge in [-0.05, 0) is 83.5 Å². The first kappa shape index (κ1) is 15.3. The zero-order chi connectivity index (χ0) is 14.0. The van der Waals surface area contributed by atoms with Crippen molar-refractivity contribution in [3.8, 4) is 0 Å². The molecule has 0 spiro atoms. The number of likely N-dealkylation sites (tertiary alicyclic amines) is 1. The molecular weight excluding hydrogens is 419 g/mol. The molecule has 1 aromatic carbocycles. The second-order valence-electron chi connectivity index (χ2n) is 5.15. The van der Waals surface area contributed by atoms with Gasteiger partial charge in [0.15, 0.2) is 0 Å². The lowest BCUT2D eigenvalue weighted by Gasteiger charge is -2.35. The fourth-order valence-electron chi connectivity index (χ4n) is 2.36. The van der Waals surface area contributed by atoms with E-state index < -0.39 is 0 Å². The summed E-state index contributed by atoms with van der Waals surface area (Å²) >= 11 is 5.67. The van der Waals surface area contributed by atoms with Gasteiger partial charge in [0, 0.05) is 26.7 Å². The first-order chi connectivity index (χ1) is 8.97. The third kappa shape index (κ3) is 3.92. The summed E-state index contributed by atoms with van der Waals surface area (Å²) in [7, 11) is 2.14. The average molecular weight is 437 g/mol. The fraction of sp³-hybridized carbons (Fsp3) is 0.500. The molecule has 0 aromatic heterocycles. The molecule has 1 aliphatic rings. The molecule has 0 bridgehead atoms. The highest BCUT2D eigenvalue weighted by Crippen LogP contribution is 2.21. The minimum atomic E-state index is 0.0205. The van der Waals surface area contributed by atoms with E-state index >= 15 is 0 Å². The van der Waals surface area contributed by atoms with E-state index in [0.717, 1.165) is 33.0 Å². The Bertz CT molecular complexity index is 481. The normalized spacial score (nSPS) is 24.2. The maximum absolute atomic E-state index is 12.3. The smallest absolute Gasteiger partial charge is 0.252 e. The van der Waals surface area contributed by atoms with Crippen LogP contribution in [0.5, 0.6) is 0 Å². The summed E-state index contributed by atoms with van der Waals surface area (Å²) in [5, 5.41) is 3.16. The molecule has 0 saturated carbocycles. The van der Waals surface area contributed by atoms with Gasteiger partial charge in [-0.1, -0.05) is 0 Å². The van der Waals surface area contributed by atoms with Crippen LogP contribution < -0.4 is 5.32 Å².